The Morgan fingerprint density at radius 2 is 2.08 bits per heavy atom. The maximum Gasteiger partial charge on any atom is 0.311 e. The van der Waals surface area contributed by atoms with Crippen molar-refractivity contribution in [3.8, 4) is 0 Å². The van der Waals surface area contributed by atoms with Gasteiger partial charge in [-0.25, -0.2) is 4.98 Å². The lowest BCUT2D eigenvalue weighted by atomic mass is 10.1. The number of carboxylic acid groups (broad SMARTS) is 1. The van der Waals surface area contributed by atoms with Gasteiger partial charge in [0.15, 0.2) is 17.0 Å². The molecule has 0 radical (unpaired) electrons. The lowest BCUT2D eigenvalue weighted by Gasteiger charge is -2.04. The molecule has 24 heavy (non-hydrogen) atoms. The van der Waals surface area contributed by atoms with Crippen LogP contribution in [0.3, 0.4) is 0 Å². The van der Waals surface area contributed by atoms with Crippen LogP contribution in [0.4, 0.5) is 0 Å². The molecule has 9 nitrogen and oxygen atoms in total. The maximum atomic E-state index is 12.7. The van der Waals surface area contributed by atoms with E-state index in [2.05, 4.69) is 20.1 Å². The molecule has 1 aliphatic carbocycles. The molecule has 3 aromatic rings. The van der Waals surface area contributed by atoms with Crippen LogP contribution < -0.4 is 5.56 Å². The highest BCUT2D eigenvalue weighted by molar-refractivity contribution is 5.73. The van der Waals surface area contributed by atoms with E-state index in [1.165, 1.54) is 17.4 Å². The van der Waals surface area contributed by atoms with Gasteiger partial charge in [0, 0.05) is 12.5 Å². The van der Waals surface area contributed by atoms with Crippen molar-refractivity contribution in [3.63, 3.8) is 0 Å². The lowest BCUT2D eigenvalue weighted by Crippen LogP contribution is -2.19. The van der Waals surface area contributed by atoms with Gasteiger partial charge in [0.05, 0.1) is 0 Å². The van der Waals surface area contributed by atoms with Gasteiger partial charge in [0.25, 0.3) is 0 Å². The maximum absolute atomic E-state index is 12.7. The van der Waals surface area contributed by atoms with Gasteiger partial charge in [0.1, 0.15) is 12.2 Å². The van der Waals surface area contributed by atoms with Crippen molar-refractivity contribution in [2.75, 3.05) is 0 Å². The molecule has 1 aliphatic rings. The van der Waals surface area contributed by atoms with Crippen molar-refractivity contribution >= 4 is 22.9 Å². The quantitative estimate of drug-likeness (QED) is 0.739. The fourth-order valence-corrected chi connectivity index (χ4v) is 3.48. The zero-order chi connectivity index (χ0) is 16.8. The minimum atomic E-state index is -1.03. The van der Waals surface area contributed by atoms with Crippen LogP contribution in [-0.4, -0.2) is 40.2 Å². The highest BCUT2D eigenvalue weighted by Crippen LogP contribution is 2.33. The summed E-state index contributed by atoms with van der Waals surface area (Å²) in [6.07, 6.45) is 4.21. The number of carboxylic acids is 1. The smallest absolute Gasteiger partial charge is 0.311 e. The number of aliphatic carboxylic acids is 1. The molecule has 0 aliphatic heterocycles. The topological polar surface area (TPSA) is 118 Å². The average Bonchev–Trinajstić information content (AvgIpc) is 3.25. The Bertz CT molecular complexity index is 992. The molecule has 3 heterocycles. The van der Waals surface area contributed by atoms with E-state index in [4.69, 9.17) is 5.11 Å². The van der Waals surface area contributed by atoms with E-state index in [0.29, 0.717) is 29.4 Å². The van der Waals surface area contributed by atoms with E-state index in [9.17, 15) is 9.59 Å². The molecule has 1 saturated carbocycles. The third-order valence-corrected chi connectivity index (χ3v) is 4.61. The number of aryl methyl sites for hydroxylation is 1. The Hall–Kier alpha value is -2.71. The number of nitrogens with zero attached hydrogens (tertiary/aromatic N) is 5. The zero-order valence-electron chi connectivity index (χ0n) is 13.3. The summed E-state index contributed by atoms with van der Waals surface area (Å²) in [6, 6.07) is 0. The number of aromatic amines is 1. The first-order valence-electron chi connectivity index (χ1n) is 8.18. The molecule has 9 heteroatoms. The lowest BCUT2D eigenvalue weighted by molar-refractivity contribution is -0.136. The Morgan fingerprint density at radius 3 is 2.75 bits per heavy atom. The first-order chi connectivity index (χ1) is 11.6. The first kappa shape index (κ1) is 14.9. The Labute approximate surface area is 136 Å². The first-order valence-corrected chi connectivity index (χ1v) is 8.18. The van der Waals surface area contributed by atoms with Crippen LogP contribution in [0.15, 0.2) is 4.79 Å². The summed E-state index contributed by atoms with van der Waals surface area (Å²) < 4.78 is 2.96. The van der Waals surface area contributed by atoms with Crippen molar-refractivity contribution < 1.29 is 9.90 Å². The van der Waals surface area contributed by atoms with E-state index in [0.717, 1.165) is 18.7 Å². The van der Waals surface area contributed by atoms with Crippen LogP contribution in [0, 0.1) is 0 Å². The minimum Gasteiger partial charge on any atom is -0.481 e. The van der Waals surface area contributed by atoms with Gasteiger partial charge in [0.2, 0.25) is 5.78 Å². The standard InChI is InChI=1S/C15H18N6O3/c1-2-20-13-11(17-12(18-13)8-5-3-4-6-8)14(24)21-15(20)16-9(19-21)7-10(22)23/h8H,2-7H2,1H3,(H,17,18)(H,22,23). The van der Waals surface area contributed by atoms with Gasteiger partial charge in [-0.3, -0.25) is 14.2 Å². The third kappa shape index (κ3) is 2.19. The molecule has 0 atom stereocenters. The molecular formula is C15H18N6O3. The second-order valence-corrected chi connectivity index (χ2v) is 6.16. The largest absolute Gasteiger partial charge is 0.481 e. The molecule has 1 fully saturated rings. The minimum absolute atomic E-state index is 0.116. The molecule has 0 spiro atoms. The predicted molar refractivity (Wildman–Crippen MR) is 85.1 cm³/mol. The van der Waals surface area contributed by atoms with Crippen LogP contribution in [0.2, 0.25) is 0 Å². The second-order valence-electron chi connectivity index (χ2n) is 6.16. The van der Waals surface area contributed by atoms with E-state index < -0.39 is 5.97 Å². The van der Waals surface area contributed by atoms with E-state index in [1.807, 2.05) is 6.92 Å². The molecule has 3 aromatic heterocycles. The average molecular weight is 330 g/mol. The van der Waals surface area contributed by atoms with Gasteiger partial charge in [-0.05, 0) is 19.8 Å². The highest BCUT2D eigenvalue weighted by Gasteiger charge is 2.24. The number of nitrogens with one attached hydrogen (secondary N) is 1. The zero-order valence-corrected chi connectivity index (χ0v) is 13.3. The molecule has 0 bridgehead atoms. The predicted octanol–water partition coefficient (Wildman–Crippen LogP) is 1.07. The number of imidazole rings is 1. The summed E-state index contributed by atoms with van der Waals surface area (Å²) in [5.41, 5.74) is 0.620. The van der Waals surface area contributed by atoms with Gasteiger partial charge >= 0.3 is 11.5 Å². The summed E-state index contributed by atoms with van der Waals surface area (Å²) in [4.78, 5) is 35.6. The van der Waals surface area contributed by atoms with Crippen LogP contribution in [0.5, 0.6) is 0 Å². The number of H-pyrrole nitrogens is 1. The molecule has 2 N–H and O–H groups in total. The second kappa shape index (κ2) is 5.43. The van der Waals surface area contributed by atoms with Crippen LogP contribution in [0.25, 0.3) is 16.9 Å². The molecular weight excluding hydrogens is 312 g/mol. The summed E-state index contributed by atoms with van der Waals surface area (Å²) in [5.74, 6) is 0.626. The van der Waals surface area contributed by atoms with Crippen molar-refractivity contribution in [2.45, 2.75) is 51.5 Å². The van der Waals surface area contributed by atoms with Crippen LogP contribution >= 0.6 is 0 Å². The monoisotopic (exact) mass is 330 g/mol. The summed E-state index contributed by atoms with van der Waals surface area (Å²) in [6.45, 7) is 2.49. The molecule has 0 amide bonds. The fraction of sp³-hybridized carbons (Fsp3) is 0.533. The van der Waals surface area contributed by atoms with Gasteiger partial charge in [-0.1, -0.05) is 12.8 Å². The van der Waals surface area contributed by atoms with E-state index in [-0.39, 0.29) is 17.8 Å². The number of aromatic nitrogens is 6. The highest BCUT2D eigenvalue weighted by atomic mass is 16.4. The number of rotatable bonds is 4. The van der Waals surface area contributed by atoms with Gasteiger partial charge in [-0.2, -0.15) is 9.50 Å². The molecule has 0 saturated heterocycles. The third-order valence-electron chi connectivity index (χ3n) is 4.61. The SMILES string of the molecule is CCn1c2nc(C3CCCC3)[nH]c2c(=O)n2nc(CC(=O)O)nc12. The number of fused-ring (bicyclic) bond motifs is 2. The molecule has 0 aromatic carbocycles. The summed E-state index contributed by atoms with van der Waals surface area (Å²) in [5, 5.41) is 13.0. The summed E-state index contributed by atoms with van der Waals surface area (Å²) >= 11 is 0. The number of hydrogen-bond donors (Lipinski definition) is 2. The molecule has 126 valence electrons. The number of carbonyl (C=O) groups is 1. The van der Waals surface area contributed by atoms with Crippen molar-refractivity contribution in [1.82, 2.24) is 29.1 Å². The molecule has 4 rings (SSSR count). The summed E-state index contributed by atoms with van der Waals surface area (Å²) in [7, 11) is 0. The van der Waals surface area contributed by atoms with Crippen molar-refractivity contribution in [3.05, 3.63) is 22.0 Å². The Morgan fingerprint density at radius 1 is 1.33 bits per heavy atom. The molecule has 0 unspecified atom stereocenters. The number of hydrogen-bond acceptors (Lipinski definition) is 5. The Kier molecular flexibility index (Phi) is 3.36. The van der Waals surface area contributed by atoms with E-state index >= 15 is 0 Å². The van der Waals surface area contributed by atoms with Crippen molar-refractivity contribution in [2.24, 2.45) is 0 Å². The van der Waals surface area contributed by atoms with Crippen molar-refractivity contribution in [1.29, 1.82) is 0 Å². The fourth-order valence-electron chi connectivity index (χ4n) is 3.48. The van der Waals surface area contributed by atoms with E-state index in [1.54, 1.807) is 4.57 Å². The van der Waals surface area contributed by atoms with Gasteiger partial charge in [-0.15, -0.1) is 5.10 Å². The Balaban J connectivity index is 1.95. The van der Waals surface area contributed by atoms with Crippen LogP contribution in [-0.2, 0) is 17.8 Å². The normalized spacial score (nSPS) is 15.7. The van der Waals surface area contributed by atoms with Crippen LogP contribution in [0.1, 0.15) is 50.2 Å². The van der Waals surface area contributed by atoms with Gasteiger partial charge < -0.3 is 10.1 Å².